The van der Waals surface area contributed by atoms with Crippen molar-refractivity contribution in [2.45, 2.75) is 26.2 Å². The van der Waals surface area contributed by atoms with Crippen molar-refractivity contribution < 1.29 is 0 Å². The molecule has 3 aromatic rings. The second-order valence-electron chi connectivity index (χ2n) is 6.79. The molecule has 29 heavy (non-hydrogen) atoms. The lowest BCUT2D eigenvalue weighted by molar-refractivity contribution is 0.737. The minimum atomic E-state index is 0.517. The Morgan fingerprint density at radius 1 is 1.07 bits per heavy atom. The summed E-state index contributed by atoms with van der Waals surface area (Å²) in [5.74, 6) is 0.809. The quantitative estimate of drug-likeness (QED) is 0.258. The van der Waals surface area contributed by atoms with Crippen molar-refractivity contribution in [3.05, 3.63) is 76.8 Å². The molecule has 6 nitrogen and oxygen atoms in total. The van der Waals surface area contributed by atoms with Crippen molar-refractivity contribution in [1.82, 2.24) is 25.4 Å². The molecule has 2 aromatic heterocycles. The number of hydrogen-bond acceptors (Lipinski definition) is 3. The number of rotatable bonds is 8. The van der Waals surface area contributed by atoms with Crippen LogP contribution in [0.1, 0.15) is 23.2 Å². The third-order valence-corrected chi connectivity index (χ3v) is 4.88. The van der Waals surface area contributed by atoms with Gasteiger partial charge in [-0.15, -0.1) is 0 Å². The summed E-state index contributed by atoms with van der Waals surface area (Å²) < 4.78 is 1.95. The van der Waals surface area contributed by atoms with Crippen molar-refractivity contribution in [2.24, 2.45) is 4.99 Å². The van der Waals surface area contributed by atoms with Gasteiger partial charge >= 0.3 is 0 Å². The van der Waals surface area contributed by atoms with E-state index < -0.39 is 0 Å². The molecule has 0 saturated carbocycles. The van der Waals surface area contributed by atoms with Crippen LogP contribution < -0.4 is 10.6 Å². The Hall–Kier alpha value is -2.86. The number of aromatic nitrogens is 3. The van der Waals surface area contributed by atoms with E-state index in [9.17, 15) is 0 Å². The predicted molar refractivity (Wildman–Crippen MR) is 119 cm³/mol. The lowest BCUT2D eigenvalue weighted by Crippen LogP contribution is -2.38. The van der Waals surface area contributed by atoms with E-state index in [1.54, 1.807) is 13.2 Å². The number of benzene rings is 1. The topological polar surface area (TPSA) is 67.1 Å². The number of guanidine groups is 1. The average molecular weight is 411 g/mol. The van der Waals surface area contributed by atoms with Gasteiger partial charge in [-0.3, -0.25) is 4.99 Å². The van der Waals surface area contributed by atoms with Crippen molar-refractivity contribution in [1.29, 1.82) is 0 Å². The van der Waals surface area contributed by atoms with Gasteiger partial charge in [0.1, 0.15) is 5.15 Å². The van der Waals surface area contributed by atoms with Crippen LogP contribution in [-0.4, -0.2) is 40.9 Å². The maximum atomic E-state index is 5.81. The first-order valence-electron chi connectivity index (χ1n) is 9.81. The number of pyridine rings is 1. The highest BCUT2D eigenvalue weighted by molar-refractivity contribution is 6.29. The van der Waals surface area contributed by atoms with Gasteiger partial charge in [0.2, 0.25) is 0 Å². The zero-order valence-corrected chi connectivity index (χ0v) is 17.7. The van der Waals surface area contributed by atoms with Gasteiger partial charge in [-0.2, -0.15) is 5.10 Å². The lowest BCUT2D eigenvalue weighted by Gasteiger charge is -2.11. The molecule has 1 aromatic carbocycles. The molecule has 0 aliphatic carbocycles. The smallest absolute Gasteiger partial charge is 0.190 e. The molecular weight excluding hydrogens is 384 g/mol. The van der Waals surface area contributed by atoms with Crippen LogP contribution in [0.25, 0.3) is 5.69 Å². The van der Waals surface area contributed by atoms with Crippen LogP contribution in [-0.2, 0) is 12.8 Å². The molecule has 0 amide bonds. The summed E-state index contributed by atoms with van der Waals surface area (Å²) in [7, 11) is 1.78. The maximum Gasteiger partial charge on any atom is 0.190 e. The third-order valence-electron chi connectivity index (χ3n) is 4.66. The predicted octanol–water partition coefficient (Wildman–Crippen LogP) is 3.57. The van der Waals surface area contributed by atoms with Crippen LogP contribution in [0.4, 0.5) is 0 Å². The number of aryl methyl sites for hydroxylation is 2. The highest BCUT2D eigenvalue weighted by Crippen LogP contribution is 2.13. The second-order valence-corrected chi connectivity index (χ2v) is 7.18. The summed E-state index contributed by atoms with van der Waals surface area (Å²) in [4.78, 5) is 8.38. The Bertz CT molecular complexity index is 918. The number of hydrogen-bond donors (Lipinski definition) is 2. The molecular formula is C22H27ClN6. The van der Waals surface area contributed by atoms with Crippen LogP contribution >= 0.6 is 11.6 Å². The molecule has 2 heterocycles. The maximum absolute atomic E-state index is 5.81. The normalized spacial score (nSPS) is 11.5. The van der Waals surface area contributed by atoms with Crippen LogP contribution in [0.5, 0.6) is 0 Å². The zero-order valence-electron chi connectivity index (χ0n) is 16.9. The SMILES string of the molecule is CN=C(NCCCc1cn(-c2ccccc2)nc1C)NCCc1ccc(Cl)nc1. The molecule has 0 bridgehead atoms. The summed E-state index contributed by atoms with van der Waals surface area (Å²) in [6.45, 7) is 3.69. The molecule has 0 unspecified atom stereocenters. The van der Waals surface area contributed by atoms with E-state index in [1.165, 1.54) is 5.56 Å². The van der Waals surface area contributed by atoms with Gasteiger partial charge in [-0.1, -0.05) is 35.9 Å². The van der Waals surface area contributed by atoms with Gasteiger partial charge in [0.25, 0.3) is 0 Å². The minimum Gasteiger partial charge on any atom is -0.356 e. The van der Waals surface area contributed by atoms with Crippen LogP contribution in [0.3, 0.4) is 0 Å². The summed E-state index contributed by atoms with van der Waals surface area (Å²) in [5.41, 5.74) is 4.57. The Labute approximate surface area is 177 Å². The summed E-state index contributed by atoms with van der Waals surface area (Å²) in [6.07, 6.45) is 6.76. The fraction of sp³-hybridized carbons (Fsp3) is 0.318. The van der Waals surface area contributed by atoms with Gasteiger partial charge in [0, 0.05) is 32.5 Å². The number of nitrogens with one attached hydrogen (secondary N) is 2. The van der Waals surface area contributed by atoms with Gasteiger partial charge in [-0.25, -0.2) is 9.67 Å². The van der Waals surface area contributed by atoms with Crippen LogP contribution in [0.15, 0.2) is 59.9 Å². The molecule has 0 radical (unpaired) electrons. The van der Waals surface area contributed by atoms with E-state index in [-0.39, 0.29) is 0 Å². The molecule has 0 fully saturated rings. The third kappa shape index (κ3) is 6.32. The fourth-order valence-electron chi connectivity index (χ4n) is 3.04. The van der Waals surface area contributed by atoms with Gasteiger partial charge < -0.3 is 10.6 Å². The highest BCUT2D eigenvalue weighted by atomic mass is 35.5. The monoisotopic (exact) mass is 410 g/mol. The van der Waals surface area contributed by atoms with Crippen molar-refractivity contribution >= 4 is 17.6 Å². The summed E-state index contributed by atoms with van der Waals surface area (Å²) >= 11 is 5.81. The molecule has 0 aliphatic rings. The molecule has 152 valence electrons. The fourth-order valence-corrected chi connectivity index (χ4v) is 3.15. The first kappa shape index (κ1) is 20.9. The molecule has 0 saturated heterocycles. The van der Waals surface area contributed by atoms with E-state index in [0.717, 1.165) is 55.3 Å². The van der Waals surface area contributed by atoms with Crippen LogP contribution in [0, 0.1) is 6.92 Å². The van der Waals surface area contributed by atoms with Gasteiger partial charge in [-0.05, 0) is 55.5 Å². The molecule has 0 atom stereocenters. The largest absolute Gasteiger partial charge is 0.356 e. The average Bonchev–Trinajstić information content (AvgIpc) is 3.12. The minimum absolute atomic E-state index is 0.517. The molecule has 7 heteroatoms. The molecule has 3 rings (SSSR count). The second kappa shape index (κ2) is 10.6. The van der Waals surface area contributed by atoms with Gasteiger partial charge in [0.05, 0.1) is 11.4 Å². The summed E-state index contributed by atoms with van der Waals surface area (Å²) in [5, 5.41) is 11.8. The number of aliphatic imine (C=N–C) groups is 1. The highest BCUT2D eigenvalue weighted by Gasteiger charge is 2.06. The van der Waals surface area contributed by atoms with E-state index in [1.807, 2.05) is 35.0 Å². The van der Waals surface area contributed by atoms with E-state index >= 15 is 0 Å². The Morgan fingerprint density at radius 3 is 2.59 bits per heavy atom. The Balaban J connectivity index is 1.40. The molecule has 2 N–H and O–H groups in total. The standard InChI is InChI=1S/C22H27ClN6/c1-17-19(16-29(28-17)20-8-4-3-5-9-20)7-6-13-25-22(24-2)26-14-12-18-10-11-21(23)27-15-18/h3-5,8-11,15-16H,6-7,12-14H2,1-2H3,(H2,24,25,26). The number of nitrogens with zero attached hydrogens (tertiary/aromatic N) is 4. The lowest BCUT2D eigenvalue weighted by atomic mass is 10.1. The Morgan fingerprint density at radius 2 is 1.86 bits per heavy atom. The van der Waals surface area contributed by atoms with Crippen molar-refractivity contribution in [3.8, 4) is 5.69 Å². The Kier molecular flexibility index (Phi) is 7.64. The van der Waals surface area contributed by atoms with Crippen LogP contribution in [0.2, 0.25) is 5.15 Å². The van der Waals surface area contributed by atoms with Gasteiger partial charge in [0.15, 0.2) is 5.96 Å². The van der Waals surface area contributed by atoms with E-state index in [0.29, 0.717) is 5.15 Å². The first-order valence-corrected chi connectivity index (χ1v) is 10.2. The number of para-hydroxylation sites is 1. The zero-order chi connectivity index (χ0) is 20.5. The van der Waals surface area contributed by atoms with Crippen molar-refractivity contribution in [3.63, 3.8) is 0 Å². The van der Waals surface area contributed by atoms with Crippen molar-refractivity contribution in [2.75, 3.05) is 20.1 Å². The molecule has 0 aliphatic heterocycles. The van der Waals surface area contributed by atoms with E-state index in [2.05, 4.69) is 51.0 Å². The number of halogens is 1. The first-order chi connectivity index (χ1) is 14.2. The molecule has 0 spiro atoms. The van der Waals surface area contributed by atoms with E-state index in [4.69, 9.17) is 11.6 Å². The summed E-state index contributed by atoms with van der Waals surface area (Å²) in [6, 6.07) is 14.0.